The average molecular weight is 129 g/mol. The van der Waals surface area contributed by atoms with Crippen molar-refractivity contribution in [1.82, 2.24) is 5.54 Å². The molecule has 0 saturated heterocycles. The summed E-state index contributed by atoms with van der Waals surface area (Å²) >= 11 is 0. The molecular formula is C2H2F3NO2. The number of carbonyl (C=O) groups excluding carboxylic acids is 1. The Hall–Kier alpha value is -0.780. The van der Waals surface area contributed by atoms with Crippen LogP contribution in [-0.4, -0.2) is 17.1 Å². The highest BCUT2D eigenvalue weighted by Crippen LogP contribution is 2.06. The van der Waals surface area contributed by atoms with Crippen molar-refractivity contribution in [3.05, 3.63) is 0 Å². The molecule has 0 rings (SSSR count). The van der Waals surface area contributed by atoms with Gasteiger partial charge in [-0.2, -0.15) is 14.3 Å². The largest absolute Gasteiger partial charge is 0.436 e. The van der Waals surface area contributed by atoms with Gasteiger partial charge < -0.3 is 5.11 Å². The normalized spacial score (nSPS) is 11.0. The minimum Gasteiger partial charge on any atom is -0.328 e. The maximum absolute atomic E-state index is 11.0. The number of alkyl halides is 2. The number of rotatable bonds is 1. The maximum atomic E-state index is 11.0. The van der Waals surface area contributed by atoms with Gasteiger partial charge >= 0.3 is 12.0 Å². The summed E-state index contributed by atoms with van der Waals surface area (Å²) in [5.41, 5.74) is 0.0660. The minimum absolute atomic E-state index is 0.0660. The first kappa shape index (κ1) is 7.22. The van der Waals surface area contributed by atoms with E-state index in [9.17, 15) is 18.1 Å². The molecule has 6 heteroatoms. The van der Waals surface area contributed by atoms with Crippen LogP contribution in [0.1, 0.15) is 0 Å². The van der Waals surface area contributed by atoms with Gasteiger partial charge in [0.25, 0.3) is 0 Å². The van der Waals surface area contributed by atoms with Gasteiger partial charge in [0.1, 0.15) is 0 Å². The van der Waals surface area contributed by atoms with Crippen molar-refractivity contribution >= 4 is 5.91 Å². The molecule has 0 saturated carbocycles. The number of aliphatic hydroxyl groups is 1. The second-order valence-electron chi connectivity index (χ2n) is 0.965. The summed E-state index contributed by atoms with van der Waals surface area (Å²) in [7, 11) is 0. The fourth-order valence-corrected chi connectivity index (χ4v) is 0.0568. The van der Waals surface area contributed by atoms with Crippen LogP contribution in [0.25, 0.3) is 0 Å². The Morgan fingerprint density at radius 2 is 2.00 bits per heavy atom. The highest BCUT2D eigenvalue weighted by molar-refractivity contribution is 5.80. The number of nitrogens with one attached hydrogen (secondary N) is 1. The quantitative estimate of drug-likeness (QED) is 0.472. The van der Waals surface area contributed by atoms with Crippen LogP contribution < -0.4 is 5.54 Å². The zero-order valence-electron chi connectivity index (χ0n) is 3.49. The SMILES string of the molecule is O=C(NF)C(O)(F)F. The predicted molar refractivity (Wildman–Crippen MR) is 16.4 cm³/mol. The Morgan fingerprint density at radius 1 is 1.62 bits per heavy atom. The zero-order chi connectivity index (χ0) is 6.78. The molecule has 0 spiro atoms. The molecule has 0 aromatic heterocycles. The standard InChI is InChI=1S/C2H2F3NO2/c3-2(4,8)1(7)6-5/h8H,(H,6,7). The summed E-state index contributed by atoms with van der Waals surface area (Å²) in [5.74, 6) is -2.36. The third kappa shape index (κ3) is 1.78. The van der Waals surface area contributed by atoms with Gasteiger partial charge in [0.15, 0.2) is 0 Å². The first-order chi connectivity index (χ1) is 3.48. The van der Waals surface area contributed by atoms with Gasteiger partial charge in [-0.25, -0.2) is 0 Å². The number of amides is 1. The second kappa shape index (κ2) is 1.99. The number of hydrogen-bond donors (Lipinski definition) is 2. The van der Waals surface area contributed by atoms with Gasteiger partial charge in [-0.1, -0.05) is 4.48 Å². The Morgan fingerprint density at radius 3 is 2.00 bits per heavy atom. The molecule has 0 atom stereocenters. The lowest BCUT2D eigenvalue weighted by Gasteiger charge is -2.01. The summed E-state index contributed by atoms with van der Waals surface area (Å²) in [6.07, 6.45) is -4.62. The molecule has 0 aliphatic carbocycles. The highest BCUT2D eigenvalue weighted by Gasteiger charge is 2.35. The molecule has 0 unspecified atom stereocenters. The van der Waals surface area contributed by atoms with Crippen LogP contribution in [0.4, 0.5) is 13.3 Å². The van der Waals surface area contributed by atoms with Crippen molar-refractivity contribution < 1.29 is 23.2 Å². The van der Waals surface area contributed by atoms with Crippen molar-refractivity contribution in [3.8, 4) is 0 Å². The first-order valence-corrected chi connectivity index (χ1v) is 1.49. The lowest BCUT2D eigenvalue weighted by molar-refractivity contribution is -0.209. The van der Waals surface area contributed by atoms with Crippen molar-refractivity contribution in [2.75, 3.05) is 0 Å². The van der Waals surface area contributed by atoms with E-state index in [1.54, 1.807) is 0 Å². The van der Waals surface area contributed by atoms with E-state index in [4.69, 9.17) is 5.11 Å². The third-order valence-corrected chi connectivity index (χ3v) is 0.359. The number of carbonyl (C=O) groups is 1. The van der Waals surface area contributed by atoms with Crippen LogP contribution in [0.2, 0.25) is 0 Å². The highest BCUT2D eigenvalue weighted by atomic mass is 19.3. The molecule has 0 fully saturated rings. The number of halogens is 3. The molecular weight excluding hydrogens is 127 g/mol. The van der Waals surface area contributed by atoms with Crippen molar-refractivity contribution in [2.24, 2.45) is 0 Å². The molecule has 0 heterocycles. The molecule has 0 aliphatic heterocycles. The molecule has 0 radical (unpaired) electrons. The fraction of sp³-hybridized carbons (Fsp3) is 0.500. The van der Waals surface area contributed by atoms with E-state index < -0.39 is 12.0 Å². The summed E-state index contributed by atoms with van der Waals surface area (Å²) in [6.45, 7) is 0. The van der Waals surface area contributed by atoms with E-state index in [1.807, 2.05) is 0 Å². The molecule has 0 aromatic rings. The van der Waals surface area contributed by atoms with Gasteiger partial charge in [0.2, 0.25) is 0 Å². The van der Waals surface area contributed by atoms with Gasteiger partial charge in [-0.05, 0) is 0 Å². The van der Waals surface area contributed by atoms with Crippen LogP contribution in [0.3, 0.4) is 0 Å². The van der Waals surface area contributed by atoms with Crippen molar-refractivity contribution in [2.45, 2.75) is 6.11 Å². The van der Waals surface area contributed by atoms with Gasteiger partial charge in [-0.3, -0.25) is 4.79 Å². The van der Waals surface area contributed by atoms with E-state index in [0.717, 1.165) is 0 Å². The Labute approximate surface area is 42.0 Å². The lowest BCUT2D eigenvalue weighted by atomic mass is 10.6. The van der Waals surface area contributed by atoms with Gasteiger partial charge in [0, 0.05) is 0 Å². The topological polar surface area (TPSA) is 49.3 Å². The minimum atomic E-state index is -4.62. The summed E-state index contributed by atoms with van der Waals surface area (Å²) in [6, 6.07) is 0. The Bertz CT molecular complexity index is 97.9. The average Bonchev–Trinajstić information content (AvgIpc) is 1.62. The predicted octanol–water partition coefficient (Wildman–Crippen LogP) is -0.428. The van der Waals surface area contributed by atoms with E-state index in [0.29, 0.717) is 0 Å². The lowest BCUT2D eigenvalue weighted by Crippen LogP contribution is -2.35. The second-order valence-corrected chi connectivity index (χ2v) is 0.965. The third-order valence-electron chi connectivity index (χ3n) is 0.359. The van der Waals surface area contributed by atoms with Crippen molar-refractivity contribution in [3.63, 3.8) is 0 Å². The first-order valence-electron chi connectivity index (χ1n) is 1.49. The van der Waals surface area contributed by atoms with E-state index in [-0.39, 0.29) is 5.54 Å². The molecule has 0 aromatic carbocycles. The maximum Gasteiger partial charge on any atom is 0.436 e. The smallest absolute Gasteiger partial charge is 0.328 e. The summed E-state index contributed by atoms with van der Waals surface area (Å²) in [5, 5.41) is 7.30. The van der Waals surface area contributed by atoms with Crippen LogP contribution in [0.15, 0.2) is 0 Å². The number of hydrogen-bond acceptors (Lipinski definition) is 2. The van der Waals surface area contributed by atoms with E-state index in [1.165, 1.54) is 0 Å². The van der Waals surface area contributed by atoms with Crippen molar-refractivity contribution in [1.29, 1.82) is 0 Å². The van der Waals surface area contributed by atoms with E-state index >= 15 is 0 Å². The van der Waals surface area contributed by atoms with Crippen LogP contribution in [0, 0.1) is 0 Å². The summed E-state index contributed by atoms with van der Waals surface area (Å²) < 4.78 is 32.7. The van der Waals surface area contributed by atoms with Gasteiger partial charge in [-0.15, -0.1) is 0 Å². The summed E-state index contributed by atoms with van der Waals surface area (Å²) in [4.78, 5) is 9.35. The molecule has 48 valence electrons. The molecule has 0 bridgehead atoms. The Balaban J connectivity index is 3.82. The molecule has 0 aliphatic rings. The Kier molecular flexibility index (Phi) is 1.80. The fourth-order valence-electron chi connectivity index (χ4n) is 0.0568. The molecule has 3 nitrogen and oxygen atoms in total. The molecule has 1 amide bonds. The van der Waals surface area contributed by atoms with Crippen LogP contribution in [-0.2, 0) is 4.79 Å². The zero-order valence-corrected chi connectivity index (χ0v) is 3.49. The van der Waals surface area contributed by atoms with Crippen LogP contribution in [0.5, 0.6) is 0 Å². The molecule has 2 N–H and O–H groups in total. The monoisotopic (exact) mass is 129 g/mol. The van der Waals surface area contributed by atoms with E-state index in [2.05, 4.69) is 0 Å². The molecule has 8 heavy (non-hydrogen) atoms. The van der Waals surface area contributed by atoms with Gasteiger partial charge in [0.05, 0.1) is 0 Å². The van der Waals surface area contributed by atoms with Crippen LogP contribution >= 0.6 is 0 Å².